The van der Waals surface area contributed by atoms with E-state index >= 15 is 0 Å². The summed E-state index contributed by atoms with van der Waals surface area (Å²) >= 11 is 17.3. The molecule has 0 saturated heterocycles. The summed E-state index contributed by atoms with van der Waals surface area (Å²) in [5.41, 5.74) is 0.171. The van der Waals surface area contributed by atoms with Crippen LogP contribution < -0.4 is 4.18 Å². The Hall–Kier alpha value is -1.45. The van der Waals surface area contributed by atoms with E-state index in [9.17, 15) is 8.42 Å². The van der Waals surface area contributed by atoms with Crippen molar-refractivity contribution in [3.05, 3.63) is 57.0 Å². The molecule has 0 aliphatic rings. The lowest BCUT2D eigenvalue weighted by Gasteiger charge is -2.08. The largest absolute Gasteiger partial charge is 0.379 e. The third-order valence-corrected chi connectivity index (χ3v) is 4.74. The van der Waals surface area contributed by atoms with Crippen molar-refractivity contribution in [2.75, 3.05) is 0 Å². The number of hydrogen-bond acceptors (Lipinski definition) is 4. The van der Waals surface area contributed by atoms with Crippen molar-refractivity contribution in [1.82, 2.24) is 0 Å². The van der Waals surface area contributed by atoms with Gasteiger partial charge in [-0.05, 0) is 30.3 Å². The molecule has 0 amide bonds. The summed E-state index contributed by atoms with van der Waals surface area (Å²) < 4.78 is 29.2. The summed E-state index contributed by atoms with van der Waals surface area (Å²) in [6, 6.07) is 9.59. The molecule has 0 radical (unpaired) electrons. The predicted octanol–water partition coefficient (Wildman–Crippen LogP) is 4.29. The molecule has 0 heterocycles. The molecule has 0 atom stereocenters. The number of halogens is 3. The van der Waals surface area contributed by atoms with Gasteiger partial charge in [0.05, 0.1) is 20.6 Å². The number of hydrogen-bond donors (Lipinski definition) is 0. The molecule has 0 aliphatic carbocycles. The van der Waals surface area contributed by atoms with Crippen LogP contribution in [-0.2, 0) is 10.1 Å². The van der Waals surface area contributed by atoms with Crippen LogP contribution in [0.4, 0.5) is 0 Å². The first-order chi connectivity index (χ1) is 9.83. The molecule has 0 saturated carbocycles. The minimum atomic E-state index is -4.09. The fraction of sp³-hybridized carbons (Fsp3) is 0. The van der Waals surface area contributed by atoms with Crippen molar-refractivity contribution in [2.45, 2.75) is 4.90 Å². The van der Waals surface area contributed by atoms with Crippen LogP contribution in [-0.4, -0.2) is 8.42 Å². The molecule has 21 heavy (non-hydrogen) atoms. The SMILES string of the molecule is N#Cc1ccc(S(=O)(=O)Oc2ccc(Cl)c(Cl)c2)cc1Cl. The lowest BCUT2D eigenvalue weighted by atomic mass is 10.2. The standard InChI is InChI=1S/C13H6Cl3NO3S/c14-11-4-2-9(5-13(11)16)20-21(18,19)10-3-1-8(7-17)12(15)6-10/h1-6H. The van der Waals surface area contributed by atoms with E-state index in [2.05, 4.69) is 0 Å². The van der Waals surface area contributed by atoms with Gasteiger partial charge in [0.25, 0.3) is 0 Å². The van der Waals surface area contributed by atoms with Crippen LogP contribution in [0, 0.1) is 11.3 Å². The van der Waals surface area contributed by atoms with Gasteiger partial charge in [0.2, 0.25) is 0 Å². The van der Waals surface area contributed by atoms with Gasteiger partial charge in [0.15, 0.2) is 0 Å². The molecule has 8 heteroatoms. The van der Waals surface area contributed by atoms with Gasteiger partial charge in [-0.2, -0.15) is 13.7 Å². The molecule has 0 bridgehead atoms. The minimum absolute atomic E-state index is 0.0184. The van der Waals surface area contributed by atoms with Crippen LogP contribution in [0.25, 0.3) is 0 Å². The van der Waals surface area contributed by atoms with Crippen molar-refractivity contribution in [1.29, 1.82) is 5.26 Å². The molecule has 0 aromatic heterocycles. The summed E-state index contributed by atoms with van der Waals surface area (Å²) in [5, 5.41) is 9.24. The molecular weight excluding hydrogens is 357 g/mol. The fourth-order valence-corrected chi connectivity index (χ4v) is 2.97. The average molecular weight is 363 g/mol. The Balaban J connectivity index is 2.36. The van der Waals surface area contributed by atoms with Gasteiger partial charge in [-0.3, -0.25) is 0 Å². The van der Waals surface area contributed by atoms with Crippen molar-refractivity contribution < 1.29 is 12.6 Å². The molecule has 0 aliphatic heterocycles. The van der Waals surface area contributed by atoms with Crippen LogP contribution in [0.5, 0.6) is 5.75 Å². The zero-order valence-corrected chi connectivity index (χ0v) is 13.3. The minimum Gasteiger partial charge on any atom is -0.379 e. The number of nitriles is 1. The second-order valence-electron chi connectivity index (χ2n) is 3.87. The smallest absolute Gasteiger partial charge is 0.339 e. The predicted molar refractivity (Wildman–Crippen MR) is 80.4 cm³/mol. The molecule has 0 spiro atoms. The summed E-state index contributed by atoms with van der Waals surface area (Å²) in [7, 11) is -4.09. The Labute approximate surface area is 136 Å². The molecule has 2 aromatic rings. The lowest BCUT2D eigenvalue weighted by Crippen LogP contribution is -2.09. The summed E-state index contributed by atoms with van der Waals surface area (Å²) in [4.78, 5) is -0.169. The zero-order chi connectivity index (χ0) is 15.6. The van der Waals surface area contributed by atoms with Crippen LogP contribution in [0.15, 0.2) is 41.3 Å². The zero-order valence-electron chi connectivity index (χ0n) is 10.2. The quantitative estimate of drug-likeness (QED) is 0.764. The van der Waals surface area contributed by atoms with E-state index in [1.165, 1.54) is 30.3 Å². The van der Waals surface area contributed by atoms with Gasteiger partial charge in [0, 0.05) is 6.07 Å². The molecule has 0 unspecified atom stereocenters. The first-order valence-electron chi connectivity index (χ1n) is 5.42. The molecule has 4 nitrogen and oxygen atoms in total. The number of nitrogens with zero attached hydrogens (tertiary/aromatic N) is 1. The van der Waals surface area contributed by atoms with E-state index in [1.54, 1.807) is 0 Å². The molecule has 108 valence electrons. The number of benzene rings is 2. The third-order valence-electron chi connectivity index (χ3n) is 2.45. The van der Waals surface area contributed by atoms with Crippen LogP contribution in [0.2, 0.25) is 15.1 Å². The maximum absolute atomic E-state index is 12.1. The molecule has 0 N–H and O–H groups in total. The van der Waals surface area contributed by atoms with Crippen molar-refractivity contribution in [3.8, 4) is 11.8 Å². The monoisotopic (exact) mass is 361 g/mol. The highest BCUT2D eigenvalue weighted by molar-refractivity contribution is 7.87. The van der Waals surface area contributed by atoms with Gasteiger partial charge >= 0.3 is 10.1 Å². The van der Waals surface area contributed by atoms with E-state index in [-0.39, 0.29) is 31.3 Å². The van der Waals surface area contributed by atoms with Crippen LogP contribution in [0.1, 0.15) is 5.56 Å². The van der Waals surface area contributed by atoms with Gasteiger partial charge in [-0.15, -0.1) is 0 Å². The summed E-state index contributed by atoms with van der Waals surface area (Å²) in [5.74, 6) is 0.0184. The molecule has 2 rings (SSSR count). The van der Waals surface area contributed by atoms with Gasteiger partial charge in [0.1, 0.15) is 16.7 Å². The van der Waals surface area contributed by atoms with E-state index in [0.29, 0.717) is 0 Å². The van der Waals surface area contributed by atoms with E-state index < -0.39 is 10.1 Å². The Bertz CT molecular complexity index is 844. The molecule has 0 fully saturated rings. The maximum atomic E-state index is 12.1. The van der Waals surface area contributed by atoms with Gasteiger partial charge in [-0.1, -0.05) is 34.8 Å². The highest BCUT2D eigenvalue weighted by Gasteiger charge is 2.18. The van der Waals surface area contributed by atoms with Crippen molar-refractivity contribution in [2.24, 2.45) is 0 Å². The van der Waals surface area contributed by atoms with E-state index in [0.717, 1.165) is 6.07 Å². The second-order valence-corrected chi connectivity index (χ2v) is 6.63. The second kappa shape index (κ2) is 6.12. The Kier molecular flexibility index (Phi) is 4.64. The lowest BCUT2D eigenvalue weighted by molar-refractivity contribution is 0.486. The molecule has 2 aromatic carbocycles. The topological polar surface area (TPSA) is 67.2 Å². The summed E-state index contributed by atoms with van der Waals surface area (Å²) in [6.45, 7) is 0. The summed E-state index contributed by atoms with van der Waals surface area (Å²) in [6.07, 6.45) is 0. The van der Waals surface area contributed by atoms with E-state index in [4.69, 9.17) is 44.2 Å². The molecular formula is C13H6Cl3NO3S. The maximum Gasteiger partial charge on any atom is 0.339 e. The van der Waals surface area contributed by atoms with Gasteiger partial charge in [-0.25, -0.2) is 0 Å². The third kappa shape index (κ3) is 3.60. The van der Waals surface area contributed by atoms with Crippen LogP contribution >= 0.6 is 34.8 Å². The Morgan fingerprint density at radius 2 is 1.67 bits per heavy atom. The number of rotatable bonds is 3. The fourth-order valence-electron chi connectivity index (χ4n) is 1.45. The Morgan fingerprint density at radius 1 is 0.952 bits per heavy atom. The highest BCUT2D eigenvalue weighted by atomic mass is 35.5. The normalized spacial score (nSPS) is 11.0. The van der Waals surface area contributed by atoms with Crippen molar-refractivity contribution >= 4 is 44.9 Å². The first-order valence-corrected chi connectivity index (χ1v) is 7.97. The van der Waals surface area contributed by atoms with Crippen LogP contribution in [0.3, 0.4) is 0 Å². The Morgan fingerprint density at radius 3 is 2.24 bits per heavy atom. The van der Waals surface area contributed by atoms with Crippen molar-refractivity contribution in [3.63, 3.8) is 0 Å². The average Bonchev–Trinajstić information content (AvgIpc) is 2.42. The first kappa shape index (κ1) is 15.9. The van der Waals surface area contributed by atoms with Gasteiger partial charge < -0.3 is 4.18 Å². The highest BCUT2D eigenvalue weighted by Crippen LogP contribution is 2.29. The van der Waals surface area contributed by atoms with E-state index in [1.807, 2.05) is 6.07 Å².